The summed E-state index contributed by atoms with van der Waals surface area (Å²) in [7, 11) is 1.04. The molecule has 0 heterocycles. The van der Waals surface area contributed by atoms with Gasteiger partial charge in [-0.15, -0.1) is 0 Å². The van der Waals surface area contributed by atoms with Gasteiger partial charge in [0.2, 0.25) is 0 Å². The monoisotopic (exact) mass is 394 g/mol. The van der Waals surface area contributed by atoms with E-state index in [0.717, 1.165) is 30.0 Å². The van der Waals surface area contributed by atoms with Crippen LogP contribution in [0.2, 0.25) is 0 Å². The molecule has 24 heavy (non-hydrogen) atoms. The van der Waals surface area contributed by atoms with Gasteiger partial charge in [0, 0.05) is 9.86 Å². The predicted octanol–water partition coefficient (Wildman–Crippen LogP) is 4.41. The Morgan fingerprint density at radius 2 is 1.79 bits per heavy atom. The van der Waals surface area contributed by atoms with E-state index < -0.39 is 28.8 Å². The zero-order valence-corrected chi connectivity index (χ0v) is 14.4. The quantitative estimate of drug-likeness (QED) is 0.517. The molecule has 0 unspecified atom stereocenters. The molecular weight excluding hydrogens is 382 g/mol. The Morgan fingerprint density at radius 3 is 2.46 bits per heavy atom. The van der Waals surface area contributed by atoms with Gasteiger partial charge in [-0.3, -0.25) is 0 Å². The van der Waals surface area contributed by atoms with E-state index in [0.29, 0.717) is 10.8 Å². The van der Waals surface area contributed by atoms with Crippen molar-refractivity contribution in [3.05, 3.63) is 58.1 Å². The van der Waals surface area contributed by atoms with Crippen molar-refractivity contribution in [2.75, 3.05) is 7.11 Å². The van der Waals surface area contributed by atoms with Gasteiger partial charge in [0.05, 0.1) is 12.7 Å². The molecule has 0 radical (unpaired) electrons. The maximum Gasteiger partial charge on any atom is 0.342 e. The number of carbonyl (C=O) groups excluding carboxylic acids is 1. The minimum Gasteiger partial charge on any atom is -0.467 e. The molecule has 3 aromatic rings. The van der Waals surface area contributed by atoms with E-state index in [1.165, 1.54) is 6.07 Å². The van der Waals surface area contributed by atoms with Crippen LogP contribution in [0.25, 0.3) is 21.5 Å². The van der Waals surface area contributed by atoms with Crippen molar-refractivity contribution in [2.45, 2.75) is 12.5 Å². The second-order valence-corrected chi connectivity index (χ2v) is 6.46. The normalized spacial score (nSPS) is 13.9. The van der Waals surface area contributed by atoms with Crippen molar-refractivity contribution in [1.29, 1.82) is 0 Å². The number of hydrogen-bond acceptors (Lipinski definition) is 3. The van der Waals surface area contributed by atoms with Crippen LogP contribution in [0.3, 0.4) is 0 Å². The lowest BCUT2D eigenvalue weighted by Crippen LogP contribution is -2.35. The van der Waals surface area contributed by atoms with E-state index in [4.69, 9.17) is 0 Å². The number of methoxy groups -OCH3 is 1. The van der Waals surface area contributed by atoms with E-state index >= 15 is 0 Å². The number of halogens is 3. The number of carbonyl (C=O) groups is 1. The van der Waals surface area contributed by atoms with Crippen molar-refractivity contribution in [2.24, 2.45) is 0 Å². The molecule has 0 aliphatic heterocycles. The molecule has 0 saturated heterocycles. The molecule has 124 valence electrons. The topological polar surface area (TPSA) is 46.5 Å². The Labute approximate surface area is 145 Å². The Bertz CT molecular complexity index is 983. The summed E-state index contributed by atoms with van der Waals surface area (Å²) >= 11 is 3.41. The van der Waals surface area contributed by atoms with Gasteiger partial charge in [0.25, 0.3) is 0 Å². The molecule has 0 fully saturated rings. The van der Waals surface area contributed by atoms with E-state index in [2.05, 4.69) is 20.7 Å². The largest absolute Gasteiger partial charge is 0.467 e. The van der Waals surface area contributed by atoms with Crippen LogP contribution in [0, 0.1) is 11.6 Å². The van der Waals surface area contributed by atoms with Crippen LogP contribution in [0.5, 0.6) is 0 Å². The van der Waals surface area contributed by atoms with Crippen molar-refractivity contribution in [3.63, 3.8) is 0 Å². The van der Waals surface area contributed by atoms with Gasteiger partial charge in [-0.05, 0) is 35.2 Å². The summed E-state index contributed by atoms with van der Waals surface area (Å²) in [6, 6.07) is 9.66. The molecule has 0 aromatic heterocycles. The molecule has 0 aliphatic rings. The lowest BCUT2D eigenvalue weighted by Gasteiger charge is -2.23. The zero-order valence-electron chi connectivity index (χ0n) is 12.9. The molecule has 6 heteroatoms. The maximum absolute atomic E-state index is 14.9. The summed E-state index contributed by atoms with van der Waals surface area (Å²) in [4.78, 5) is 11.7. The fourth-order valence-electron chi connectivity index (χ4n) is 2.88. The minimum atomic E-state index is -2.43. The third-order valence-corrected chi connectivity index (χ3v) is 4.78. The summed E-state index contributed by atoms with van der Waals surface area (Å²) in [5, 5.41) is 12.2. The van der Waals surface area contributed by atoms with Crippen molar-refractivity contribution >= 4 is 43.4 Å². The first kappa shape index (κ1) is 16.8. The molecule has 0 bridgehead atoms. The molecule has 1 N–H and O–H groups in total. The van der Waals surface area contributed by atoms with E-state index in [1.54, 1.807) is 18.2 Å². The van der Waals surface area contributed by atoms with Gasteiger partial charge in [0.1, 0.15) is 11.6 Å². The van der Waals surface area contributed by atoms with E-state index in [-0.39, 0.29) is 5.39 Å². The van der Waals surface area contributed by atoms with Gasteiger partial charge in [-0.25, -0.2) is 13.6 Å². The van der Waals surface area contributed by atoms with Crippen LogP contribution in [0.1, 0.15) is 12.5 Å². The molecule has 3 nitrogen and oxygen atoms in total. The third-order valence-electron chi connectivity index (χ3n) is 4.09. The Balaban J connectivity index is 2.41. The average Bonchev–Trinajstić information content (AvgIpc) is 2.54. The molecular formula is C18H13BrF2O3. The van der Waals surface area contributed by atoms with Crippen molar-refractivity contribution in [1.82, 2.24) is 0 Å². The zero-order chi connectivity index (χ0) is 17.6. The SMILES string of the molecule is COC(=O)[C@](C)(O)c1c(F)cc2c(ccc3c(Br)cccc32)c1F. The first-order valence-corrected chi connectivity index (χ1v) is 7.88. The molecule has 1 atom stereocenters. The Hall–Kier alpha value is -2.05. The van der Waals surface area contributed by atoms with Crippen LogP contribution in [0.15, 0.2) is 40.9 Å². The lowest BCUT2D eigenvalue weighted by molar-refractivity contribution is -0.162. The van der Waals surface area contributed by atoms with Crippen LogP contribution in [-0.2, 0) is 15.1 Å². The Morgan fingerprint density at radius 1 is 1.12 bits per heavy atom. The number of esters is 1. The Kier molecular flexibility index (Phi) is 4.05. The summed E-state index contributed by atoms with van der Waals surface area (Å²) in [6.07, 6.45) is 0. The number of benzene rings is 3. The van der Waals surface area contributed by atoms with Gasteiger partial charge < -0.3 is 9.84 Å². The molecule has 0 amide bonds. The standard InChI is InChI=1S/C18H13BrF2O3/c1-18(23,17(22)24-2)15-14(20)8-12-9-4-3-5-13(19)10(9)6-7-11(12)16(15)21/h3-8,23H,1-2H3/t18-/m1/s1. The van der Waals surface area contributed by atoms with Crippen LogP contribution in [-0.4, -0.2) is 18.2 Å². The number of hydrogen-bond donors (Lipinski definition) is 1. The average molecular weight is 395 g/mol. The molecule has 0 aliphatic carbocycles. The minimum absolute atomic E-state index is 0.112. The summed E-state index contributed by atoms with van der Waals surface area (Å²) < 4.78 is 34.8. The smallest absolute Gasteiger partial charge is 0.342 e. The number of aliphatic hydroxyl groups is 1. The highest BCUT2D eigenvalue weighted by atomic mass is 79.9. The second kappa shape index (κ2) is 5.79. The molecule has 0 saturated carbocycles. The van der Waals surface area contributed by atoms with Crippen molar-refractivity contribution in [3.8, 4) is 0 Å². The summed E-state index contributed by atoms with van der Waals surface area (Å²) in [5.74, 6) is -3.13. The van der Waals surface area contributed by atoms with Gasteiger partial charge in [-0.2, -0.15) is 0 Å². The second-order valence-electron chi connectivity index (χ2n) is 5.61. The molecule has 3 aromatic carbocycles. The van der Waals surface area contributed by atoms with Crippen LogP contribution < -0.4 is 0 Å². The van der Waals surface area contributed by atoms with E-state index in [1.807, 2.05) is 6.07 Å². The molecule has 0 spiro atoms. The summed E-state index contributed by atoms with van der Waals surface area (Å²) in [6.45, 7) is 1.00. The van der Waals surface area contributed by atoms with Crippen molar-refractivity contribution < 1.29 is 23.4 Å². The first-order chi connectivity index (χ1) is 11.3. The highest BCUT2D eigenvalue weighted by molar-refractivity contribution is 9.10. The van der Waals surface area contributed by atoms with Gasteiger partial charge >= 0.3 is 5.97 Å². The predicted molar refractivity (Wildman–Crippen MR) is 90.7 cm³/mol. The number of fused-ring (bicyclic) bond motifs is 3. The first-order valence-electron chi connectivity index (χ1n) is 7.09. The highest BCUT2D eigenvalue weighted by Crippen LogP contribution is 2.37. The number of ether oxygens (including phenoxy) is 1. The summed E-state index contributed by atoms with van der Waals surface area (Å²) in [5.41, 5.74) is -3.15. The highest BCUT2D eigenvalue weighted by Gasteiger charge is 2.39. The van der Waals surface area contributed by atoms with Gasteiger partial charge in [0.15, 0.2) is 5.60 Å². The van der Waals surface area contributed by atoms with E-state index in [9.17, 15) is 18.7 Å². The fourth-order valence-corrected chi connectivity index (χ4v) is 3.37. The number of rotatable bonds is 2. The third kappa shape index (κ3) is 2.37. The maximum atomic E-state index is 14.9. The van der Waals surface area contributed by atoms with Gasteiger partial charge in [-0.1, -0.05) is 40.2 Å². The van der Waals surface area contributed by atoms with Crippen LogP contribution in [0.4, 0.5) is 8.78 Å². The molecule has 3 rings (SSSR count). The fraction of sp³-hybridized carbons (Fsp3) is 0.167. The van der Waals surface area contributed by atoms with Crippen LogP contribution >= 0.6 is 15.9 Å². The lowest BCUT2D eigenvalue weighted by atomic mass is 9.90.